The fourth-order valence-corrected chi connectivity index (χ4v) is 1.99. The summed E-state index contributed by atoms with van der Waals surface area (Å²) in [5.74, 6) is -4.14. The first-order valence-electron chi connectivity index (χ1n) is 5.48. The van der Waals surface area contributed by atoms with Crippen molar-refractivity contribution in [1.82, 2.24) is 0 Å². The molecule has 1 N–H and O–H groups in total. The van der Waals surface area contributed by atoms with Crippen molar-refractivity contribution >= 4 is 17.6 Å². The Hall–Kier alpha value is -1.16. The van der Waals surface area contributed by atoms with Gasteiger partial charge in [-0.2, -0.15) is 0 Å². The third-order valence-corrected chi connectivity index (χ3v) is 2.85. The molecule has 0 unspecified atom stereocenters. The van der Waals surface area contributed by atoms with Gasteiger partial charge in [0.05, 0.1) is 6.42 Å². The molecule has 0 spiro atoms. The summed E-state index contributed by atoms with van der Waals surface area (Å²) in [6.07, 6.45) is -0.815. The van der Waals surface area contributed by atoms with Crippen LogP contribution in [0.1, 0.15) is 32.3 Å². The summed E-state index contributed by atoms with van der Waals surface area (Å²) >= 11 is 5.64. The van der Waals surface area contributed by atoms with Crippen LogP contribution >= 0.6 is 11.6 Å². The molecule has 0 radical (unpaired) electrons. The fraction of sp³-hybridized carbons (Fsp3) is 0.462. The minimum absolute atomic E-state index is 0.148. The number of rotatable bonds is 5. The zero-order valence-corrected chi connectivity index (χ0v) is 11.0. The molecule has 0 aliphatic rings. The van der Waals surface area contributed by atoms with Gasteiger partial charge in [-0.15, -0.1) is 0 Å². The van der Waals surface area contributed by atoms with E-state index in [9.17, 15) is 13.6 Å². The van der Waals surface area contributed by atoms with Crippen molar-refractivity contribution in [1.29, 1.82) is 0 Å². The first-order valence-corrected chi connectivity index (χ1v) is 5.86. The van der Waals surface area contributed by atoms with Gasteiger partial charge in [0.15, 0.2) is 0 Å². The van der Waals surface area contributed by atoms with Crippen molar-refractivity contribution in [2.75, 3.05) is 0 Å². The molecule has 0 amide bonds. The molecule has 2 nitrogen and oxygen atoms in total. The summed E-state index contributed by atoms with van der Waals surface area (Å²) in [6.45, 7) is 3.04. The van der Waals surface area contributed by atoms with E-state index < -0.39 is 23.7 Å². The summed E-state index contributed by atoms with van der Waals surface area (Å²) in [6, 6.07) is 5.32. The van der Waals surface area contributed by atoms with Crippen LogP contribution in [0, 0.1) is 5.41 Å². The highest BCUT2D eigenvalue weighted by Crippen LogP contribution is 2.41. The predicted molar refractivity (Wildman–Crippen MR) is 66.0 cm³/mol. The van der Waals surface area contributed by atoms with Gasteiger partial charge in [-0.05, 0) is 17.5 Å². The molecule has 1 aromatic carbocycles. The van der Waals surface area contributed by atoms with E-state index in [4.69, 9.17) is 16.7 Å². The lowest BCUT2D eigenvalue weighted by molar-refractivity contribution is -0.140. The molecular formula is C13H15ClF2O2. The molecule has 5 heteroatoms. The first-order chi connectivity index (χ1) is 8.12. The maximum Gasteiger partial charge on any atom is 0.303 e. The summed E-state index contributed by atoms with van der Waals surface area (Å²) in [4.78, 5) is 10.6. The van der Waals surface area contributed by atoms with E-state index in [1.54, 1.807) is 0 Å². The topological polar surface area (TPSA) is 37.3 Å². The summed E-state index contributed by atoms with van der Waals surface area (Å²) in [7, 11) is 0. The van der Waals surface area contributed by atoms with E-state index in [0.717, 1.165) is 0 Å². The smallest absolute Gasteiger partial charge is 0.303 e. The maximum atomic E-state index is 14.0. The summed E-state index contributed by atoms with van der Waals surface area (Å²) in [5, 5.41) is 9.08. The van der Waals surface area contributed by atoms with Gasteiger partial charge in [-0.3, -0.25) is 4.79 Å². The number of alkyl halides is 2. The standard InChI is InChI=1S/C13H15ClF2O2/c1-12(2,7-11(17)18)8-13(15,16)9-3-5-10(14)6-4-9/h3-6H,7-8H2,1-2H3,(H,17,18). The second-order valence-electron chi connectivity index (χ2n) is 5.12. The summed E-state index contributed by atoms with van der Waals surface area (Å²) < 4.78 is 28.0. The molecule has 1 aromatic rings. The van der Waals surface area contributed by atoms with Gasteiger partial charge in [-0.25, -0.2) is 8.78 Å². The lowest BCUT2D eigenvalue weighted by Gasteiger charge is -2.28. The van der Waals surface area contributed by atoms with Crippen molar-refractivity contribution in [3.63, 3.8) is 0 Å². The molecule has 0 atom stereocenters. The van der Waals surface area contributed by atoms with Gasteiger partial charge < -0.3 is 5.11 Å². The van der Waals surface area contributed by atoms with Crippen LogP contribution < -0.4 is 0 Å². The minimum atomic E-state index is -3.07. The molecular weight excluding hydrogens is 262 g/mol. The average Bonchev–Trinajstić information content (AvgIpc) is 2.13. The SMILES string of the molecule is CC(C)(CC(=O)O)CC(F)(F)c1ccc(Cl)cc1. The highest BCUT2D eigenvalue weighted by molar-refractivity contribution is 6.30. The number of halogens is 3. The van der Waals surface area contributed by atoms with Gasteiger partial charge in [0, 0.05) is 17.0 Å². The molecule has 100 valence electrons. The van der Waals surface area contributed by atoms with E-state index >= 15 is 0 Å². The number of carboxylic acids is 1. The molecule has 0 bridgehead atoms. The molecule has 0 saturated carbocycles. The lowest BCUT2D eigenvalue weighted by Crippen LogP contribution is -2.26. The molecule has 1 rings (SSSR count). The molecule has 0 aliphatic heterocycles. The first kappa shape index (κ1) is 14.9. The van der Waals surface area contributed by atoms with Crippen LogP contribution in [0.15, 0.2) is 24.3 Å². The van der Waals surface area contributed by atoms with E-state index in [2.05, 4.69) is 0 Å². The molecule has 18 heavy (non-hydrogen) atoms. The number of hydrogen-bond acceptors (Lipinski definition) is 1. The van der Waals surface area contributed by atoms with Crippen molar-refractivity contribution in [3.05, 3.63) is 34.9 Å². The van der Waals surface area contributed by atoms with Crippen molar-refractivity contribution in [2.24, 2.45) is 5.41 Å². The van der Waals surface area contributed by atoms with E-state index in [1.165, 1.54) is 38.1 Å². The third kappa shape index (κ3) is 4.26. The second kappa shape index (κ2) is 5.22. The summed E-state index contributed by atoms with van der Waals surface area (Å²) in [5.41, 5.74) is -1.13. The van der Waals surface area contributed by atoms with Crippen LogP contribution in [0.3, 0.4) is 0 Å². The van der Waals surface area contributed by atoms with Gasteiger partial charge in [0.2, 0.25) is 0 Å². The Morgan fingerprint density at radius 3 is 2.22 bits per heavy atom. The molecule has 0 aromatic heterocycles. The Bertz CT molecular complexity index is 427. The van der Waals surface area contributed by atoms with Crippen LogP contribution in [0.2, 0.25) is 5.02 Å². The fourth-order valence-electron chi connectivity index (χ4n) is 1.87. The van der Waals surface area contributed by atoms with Crippen molar-refractivity contribution in [2.45, 2.75) is 32.6 Å². The molecule has 0 fully saturated rings. The zero-order chi connectivity index (χ0) is 14.0. The Morgan fingerprint density at radius 1 is 1.28 bits per heavy atom. The Morgan fingerprint density at radius 2 is 1.78 bits per heavy atom. The Balaban J connectivity index is 2.87. The average molecular weight is 277 g/mol. The third-order valence-electron chi connectivity index (χ3n) is 2.60. The highest BCUT2D eigenvalue weighted by atomic mass is 35.5. The maximum absolute atomic E-state index is 14.0. The number of carbonyl (C=O) groups is 1. The van der Waals surface area contributed by atoms with E-state index in [0.29, 0.717) is 5.02 Å². The van der Waals surface area contributed by atoms with Crippen molar-refractivity contribution < 1.29 is 18.7 Å². The largest absolute Gasteiger partial charge is 0.481 e. The van der Waals surface area contributed by atoms with Gasteiger partial charge in [0.25, 0.3) is 5.92 Å². The monoisotopic (exact) mass is 276 g/mol. The molecule has 0 heterocycles. The van der Waals surface area contributed by atoms with Crippen LogP contribution in [-0.4, -0.2) is 11.1 Å². The van der Waals surface area contributed by atoms with E-state index in [1.807, 2.05) is 0 Å². The number of aliphatic carboxylic acids is 1. The number of carboxylic acid groups (broad SMARTS) is 1. The zero-order valence-electron chi connectivity index (χ0n) is 10.2. The van der Waals surface area contributed by atoms with Crippen LogP contribution in [0.25, 0.3) is 0 Å². The van der Waals surface area contributed by atoms with E-state index in [-0.39, 0.29) is 12.0 Å². The molecule has 0 aliphatic carbocycles. The van der Waals surface area contributed by atoms with Crippen LogP contribution in [-0.2, 0) is 10.7 Å². The van der Waals surface area contributed by atoms with Gasteiger partial charge >= 0.3 is 5.97 Å². The predicted octanol–water partition coefficient (Wildman–Crippen LogP) is 4.32. The number of benzene rings is 1. The highest BCUT2D eigenvalue weighted by Gasteiger charge is 2.39. The minimum Gasteiger partial charge on any atom is -0.481 e. The van der Waals surface area contributed by atoms with Crippen LogP contribution in [0.4, 0.5) is 8.78 Å². The second-order valence-corrected chi connectivity index (χ2v) is 5.56. The normalized spacial score (nSPS) is 12.5. The quantitative estimate of drug-likeness (QED) is 0.869. The van der Waals surface area contributed by atoms with Gasteiger partial charge in [-0.1, -0.05) is 37.6 Å². The van der Waals surface area contributed by atoms with Crippen LogP contribution in [0.5, 0.6) is 0 Å². The number of hydrogen-bond donors (Lipinski definition) is 1. The Labute approximate surface area is 110 Å². The van der Waals surface area contributed by atoms with Crippen molar-refractivity contribution in [3.8, 4) is 0 Å². The Kier molecular flexibility index (Phi) is 4.32. The lowest BCUT2D eigenvalue weighted by atomic mass is 9.81. The molecule has 0 saturated heterocycles. The van der Waals surface area contributed by atoms with Gasteiger partial charge in [0.1, 0.15) is 0 Å².